The molecule has 3 aliphatic heterocycles. The molecule has 0 bridgehead atoms. The molecule has 256 valence electrons. The summed E-state index contributed by atoms with van der Waals surface area (Å²) >= 11 is 0. The van der Waals surface area contributed by atoms with E-state index in [1.54, 1.807) is 0 Å². The van der Waals surface area contributed by atoms with Crippen LogP contribution in [0.4, 0.5) is 0 Å². The van der Waals surface area contributed by atoms with Gasteiger partial charge >= 0.3 is 5.97 Å². The highest BCUT2D eigenvalue weighted by Crippen LogP contribution is 2.34. The van der Waals surface area contributed by atoms with Gasteiger partial charge in [-0.15, -0.1) is 0 Å². The van der Waals surface area contributed by atoms with Crippen molar-refractivity contribution in [1.82, 2.24) is 0 Å². The highest BCUT2D eigenvalue weighted by Gasteiger charge is 2.40. The minimum absolute atomic E-state index is 0.0170. The van der Waals surface area contributed by atoms with E-state index >= 15 is 0 Å². The summed E-state index contributed by atoms with van der Waals surface area (Å²) in [7, 11) is 0. The maximum atomic E-state index is 11.6. The van der Waals surface area contributed by atoms with Crippen LogP contribution >= 0.6 is 0 Å². The van der Waals surface area contributed by atoms with Crippen LogP contribution in [0.2, 0.25) is 0 Å². The predicted molar refractivity (Wildman–Crippen MR) is 175 cm³/mol. The number of carbonyl (C=O) groups is 1. The lowest BCUT2D eigenvalue weighted by Gasteiger charge is -2.24. The Labute approximate surface area is 268 Å². The minimum Gasteiger partial charge on any atom is -0.455 e. The molecule has 2 saturated heterocycles. The van der Waals surface area contributed by atoms with Gasteiger partial charge < -0.3 is 29.5 Å². The van der Waals surface area contributed by atoms with Crippen molar-refractivity contribution in [2.24, 2.45) is 0 Å². The number of unbranched alkanes of at least 4 members (excludes halogenated alkanes) is 12. The average molecular weight is 623 g/mol. The fraction of sp³-hybridized carbons (Fsp3) is 0.919. The summed E-state index contributed by atoms with van der Waals surface area (Å²) in [5.74, 6) is -0.123. The van der Waals surface area contributed by atoms with E-state index in [1.165, 1.54) is 64.2 Å². The molecule has 8 atom stereocenters. The van der Waals surface area contributed by atoms with E-state index in [9.17, 15) is 20.1 Å². The van der Waals surface area contributed by atoms with Gasteiger partial charge in [-0.1, -0.05) is 90.4 Å². The third-order valence-corrected chi connectivity index (χ3v) is 10.1. The molecule has 0 amide bonds. The molecule has 0 saturated carbocycles. The molecule has 0 radical (unpaired) electrons. The molecule has 7 heteroatoms. The molecular weight excluding hydrogens is 556 g/mol. The Morgan fingerprint density at radius 3 is 1.68 bits per heavy atom. The van der Waals surface area contributed by atoms with Crippen LogP contribution in [-0.2, 0) is 19.0 Å². The molecule has 3 heterocycles. The first-order chi connectivity index (χ1) is 21.4. The topological polar surface area (TPSA) is 105 Å². The van der Waals surface area contributed by atoms with Crippen LogP contribution in [0.1, 0.15) is 168 Å². The second kappa shape index (κ2) is 21.7. The maximum absolute atomic E-state index is 11.6. The number of aliphatic hydroxyl groups excluding tert-OH is 3. The Balaban J connectivity index is 1.13. The van der Waals surface area contributed by atoms with E-state index in [4.69, 9.17) is 14.2 Å². The van der Waals surface area contributed by atoms with E-state index in [0.29, 0.717) is 6.42 Å². The minimum atomic E-state index is -0.479. The third-order valence-electron chi connectivity index (χ3n) is 10.1. The molecule has 0 aromatic carbocycles. The number of aliphatic hydroxyl groups is 3. The summed E-state index contributed by atoms with van der Waals surface area (Å²) in [5, 5.41) is 31.6. The van der Waals surface area contributed by atoms with Gasteiger partial charge in [-0.2, -0.15) is 0 Å². The van der Waals surface area contributed by atoms with Crippen molar-refractivity contribution in [3.05, 3.63) is 11.6 Å². The van der Waals surface area contributed by atoms with Gasteiger partial charge in [0, 0.05) is 5.57 Å². The highest BCUT2D eigenvalue weighted by atomic mass is 16.6. The van der Waals surface area contributed by atoms with Crippen LogP contribution in [0.3, 0.4) is 0 Å². The van der Waals surface area contributed by atoms with Crippen molar-refractivity contribution in [2.75, 3.05) is 0 Å². The van der Waals surface area contributed by atoms with Gasteiger partial charge in [-0.05, 0) is 83.6 Å². The Hall–Kier alpha value is -0.990. The third kappa shape index (κ3) is 14.2. The van der Waals surface area contributed by atoms with Crippen molar-refractivity contribution in [3.8, 4) is 0 Å². The van der Waals surface area contributed by atoms with Crippen LogP contribution in [-0.4, -0.2) is 70.1 Å². The fourth-order valence-electron chi connectivity index (χ4n) is 7.28. The molecule has 1 unspecified atom stereocenters. The van der Waals surface area contributed by atoms with Gasteiger partial charge in [0.25, 0.3) is 0 Å². The van der Waals surface area contributed by atoms with E-state index < -0.39 is 12.2 Å². The second-order valence-electron chi connectivity index (χ2n) is 14.0. The Bertz CT molecular complexity index is 801. The standard InChI is InChI=1S/C37H66O7/c1-3-4-5-15-19-30(38)20-17-22-32(40)34-24-26-36(44-34)35-25-23-33(43-35)31(39)21-16-13-11-9-7-6-8-10-12-14-18-29-27-28(2)42-37(29)41/h27-28,30-36,38-40H,3-26H2,1-2H3/t28-,30-,31+,32+,33?,34+,35+,36+/m0/s1. The Morgan fingerprint density at radius 1 is 0.659 bits per heavy atom. The largest absolute Gasteiger partial charge is 0.455 e. The number of carbonyl (C=O) groups excluding carboxylic acids is 1. The molecule has 3 N–H and O–H groups in total. The maximum Gasteiger partial charge on any atom is 0.334 e. The van der Waals surface area contributed by atoms with E-state index in [2.05, 4.69) is 6.92 Å². The van der Waals surface area contributed by atoms with E-state index in [1.807, 2.05) is 13.0 Å². The second-order valence-corrected chi connectivity index (χ2v) is 14.0. The average Bonchev–Trinajstić information content (AvgIpc) is 3.76. The van der Waals surface area contributed by atoms with E-state index in [-0.39, 0.29) is 42.6 Å². The summed E-state index contributed by atoms with van der Waals surface area (Å²) in [6.45, 7) is 4.11. The summed E-state index contributed by atoms with van der Waals surface area (Å²) < 4.78 is 17.7. The van der Waals surface area contributed by atoms with Crippen LogP contribution in [0.5, 0.6) is 0 Å². The zero-order chi connectivity index (χ0) is 31.6. The lowest BCUT2D eigenvalue weighted by Crippen LogP contribution is -2.33. The number of hydrogen-bond donors (Lipinski definition) is 3. The summed E-state index contributed by atoms with van der Waals surface area (Å²) in [6, 6.07) is 0. The molecule has 7 nitrogen and oxygen atoms in total. The molecule has 3 rings (SSSR count). The van der Waals surface area contributed by atoms with Gasteiger partial charge in [-0.25, -0.2) is 4.79 Å². The normalized spacial score (nSPS) is 27.4. The number of rotatable bonds is 25. The molecule has 3 aliphatic rings. The molecule has 0 spiro atoms. The molecule has 2 fully saturated rings. The van der Waals surface area contributed by atoms with Crippen LogP contribution < -0.4 is 0 Å². The molecule has 0 aromatic rings. The number of esters is 1. The van der Waals surface area contributed by atoms with Gasteiger partial charge in [0.15, 0.2) is 0 Å². The van der Waals surface area contributed by atoms with Gasteiger partial charge in [0.2, 0.25) is 0 Å². The Morgan fingerprint density at radius 2 is 1.14 bits per heavy atom. The lowest BCUT2D eigenvalue weighted by molar-refractivity contribution is -0.139. The smallest absolute Gasteiger partial charge is 0.334 e. The van der Waals surface area contributed by atoms with Crippen LogP contribution in [0, 0.1) is 0 Å². The molecule has 0 aromatic heterocycles. The number of cyclic esters (lactones) is 1. The predicted octanol–water partition coefficient (Wildman–Crippen LogP) is 7.86. The van der Waals surface area contributed by atoms with Gasteiger partial charge in [0.1, 0.15) is 6.10 Å². The van der Waals surface area contributed by atoms with Crippen molar-refractivity contribution < 1.29 is 34.3 Å². The lowest BCUT2D eigenvalue weighted by atomic mass is 9.99. The summed E-state index contributed by atoms with van der Waals surface area (Å²) in [5.41, 5.74) is 0.863. The highest BCUT2D eigenvalue weighted by molar-refractivity contribution is 5.90. The fourth-order valence-corrected chi connectivity index (χ4v) is 7.28. The summed E-state index contributed by atoms with van der Waals surface area (Å²) in [6.07, 6.45) is 25.7. The monoisotopic (exact) mass is 622 g/mol. The molecule has 0 aliphatic carbocycles. The first-order valence-corrected chi connectivity index (χ1v) is 18.6. The zero-order valence-electron chi connectivity index (χ0n) is 28.1. The van der Waals surface area contributed by atoms with Crippen LogP contribution in [0.25, 0.3) is 0 Å². The van der Waals surface area contributed by atoms with Gasteiger partial charge in [-0.3, -0.25) is 0 Å². The first-order valence-electron chi connectivity index (χ1n) is 18.6. The SMILES string of the molecule is CCCCCC[C@H](O)CCC[C@@H](O)[C@H]1CC[C@H]([C@H]2CCC([C@H](O)CCCCCCCCCCCCC3=C[C@H](C)OC3=O)O2)O1. The van der Waals surface area contributed by atoms with Crippen molar-refractivity contribution in [2.45, 2.75) is 217 Å². The quantitative estimate of drug-likeness (QED) is 0.0703. The van der Waals surface area contributed by atoms with E-state index in [0.717, 1.165) is 89.0 Å². The van der Waals surface area contributed by atoms with Crippen LogP contribution in [0.15, 0.2) is 11.6 Å². The molecule has 44 heavy (non-hydrogen) atoms. The van der Waals surface area contributed by atoms with Crippen molar-refractivity contribution in [3.63, 3.8) is 0 Å². The van der Waals surface area contributed by atoms with Crippen molar-refractivity contribution in [1.29, 1.82) is 0 Å². The molecular formula is C37H66O7. The number of ether oxygens (including phenoxy) is 3. The summed E-state index contributed by atoms with van der Waals surface area (Å²) in [4.78, 5) is 11.6. The van der Waals surface area contributed by atoms with Gasteiger partial charge in [0.05, 0.1) is 42.7 Å². The Kier molecular flexibility index (Phi) is 18.5. The number of hydrogen-bond acceptors (Lipinski definition) is 7. The van der Waals surface area contributed by atoms with Crippen molar-refractivity contribution >= 4 is 5.97 Å². The first kappa shape index (κ1) is 37.5. The zero-order valence-corrected chi connectivity index (χ0v) is 28.1.